The predicted molar refractivity (Wildman–Crippen MR) is 173 cm³/mol. The molecule has 0 N–H and O–H groups in total. The first-order valence-corrected chi connectivity index (χ1v) is 16.0. The third kappa shape index (κ3) is 6.69. The second-order valence-corrected chi connectivity index (χ2v) is 13.4. The first-order valence-electron chi connectivity index (χ1n) is 14.3. The van der Waals surface area contributed by atoms with Crippen LogP contribution in [0.2, 0.25) is 0 Å². The Morgan fingerprint density at radius 3 is 2.66 bits per heavy atom. The Balaban J connectivity index is 1.26. The van der Waals surface area contributed by atoms with Crippen LogP contribution in [-0.2, 0) is 0 Å². The molecule has 0 fully saturated rings. The summed E-state index contributed by atoms with van der Waals surface area (Å²) in [5.41, 5.74) is 5.05. The highest BCUT2D eigenvalue weighted by Gasteiger charge is 2.34. The molecule has 2 aromatic heterocycles. The van der Waals surface area contributed by atoms with Crippen molar-refractivity contribution < 1.29 is 4.74 Å². The second kappa shape index (κ2) is 12.5. The fourth-order valence-corrected chi connectivity index (χ4v) is 7.34. The van der Waals surface area contributed by atoms with Crippen molar-refractivity contribution in [2.45, 2.75) is 71.3 Å². The lowest BCUT2D eigenvalue weighted by Gasteiger charge is -2.45. The van der Waals surface area contributed by atoms with Crippen molar-refractivity contribution in [3.8, 4) is 11.8 Å². The molecule has 8 heteroatoms. The lowest BCUT2D eigenvalue weighted by atomic mass is 9.80. The van der Waals surface area contributed by atoms with E-state index in [1.807, 2.05) is 36.4 Å². The van der Waals surface area contributed by atoms with Gasteiger partial charge in [0.05, 0.1) is 28.6 Å². The van der Waals surface area contributed by atoms with Gasteiger partial charge >= 0.3 is 0 Å². The number of anilines is 1. The Hall–Kier alpha value is -3.54. The summed E-state index contributed by atoms with van der Waals surface area (Å²) in [6.07, 6.45) is 7.74. The van der Waals surface area contributed by atoms with Crippen LogP contribution < -0.4 is 9.64 Å². The van der Waals surface area contributed by atoms with Crippen LogP contribution in [0, 0.1) is 11.3 Å². The quantitative estimate of drug-likeness (QED) is 0.106. The minimum Gasteiger partial charge on any atom is -0.494 e. The van der Waals surface area contributed by atoms with E-state index in [0.29, 0.717) is 16.6 Å². The minimum atomic E-state index is 0.136. The van der Waals surface area contributed by atoms with Gasteiger partial charge in [-0.1, -0.05) is 44.4 Å². The summed E-state index contributed by atoms with van der Waals surface area (Å²) >= 11 is 3.07. The van der Waals surface area contributed by atoms with E-state index in [9.17, 15) is 5.26 Å². The largest absolute Gasteiger partial charge is 0.494 e. The van der Waals surface area contributed by atoms with Crippen LogP contribution in [-0.4, -0.2) is 24.2 Å². The topological polar surface area (TPSA) is 73.9 Å². The summed E-state index contributed by atoms with van der Waals surface area (Å²) in [5.74, 6) is 1.30. The van der Waals surface area contributed by atoms with Crippen LogP contribution in [0.15, 0.2) is 58.8 Å². The lowest BCUT2D eigenvalue weighted by molar-refractivity contribution is 0.305. The van der Waals surface area contributed by atoms with Gasteiger partial charge in [-0.25, -0.2) is 4.98 Å². The molecule has 41 heavy (non-hydrogen) atoms. The van der Waals surface area contributed by atoms with Crippen molar-refractivity contribution in [1.29, 1.82) is 5.26 Å². The Morgan fingerprint density at radius 1 is 1.12 bits per heavy atom. The van der Waals surface area contributed by atoms with Crippen molar-refractivity contribution in [1.82, 2.24) is 4.98 Å². The van der Waals surface area contributed by atoms with Gasteiger partial charge in [0.1, 0.15) is 10.6 Å². The zero-order valence-corrected chi connectivity index (χ0v) is 26.1. The number of aromatic nitrogens is 1. The van der Waals surface area contributed by atoms with Gasteiger partial charge in [0.2, 0.25) is 5.13 Å². The monoisotopic (exact) mass is 583 g/mol. The fourth-order valence-electron chi connectivity index (χ4n) is 5.35. The highest BCUT2D eigenvalue weighted by atomic mass is 32.1. The van der Waals surface area contributed by atoms with Crippen molar-refractivity contribution in [2.75, 3.05) is 18.6 Å². The summed E-state index contributed by atoms with van der Waals surface area (Å²) in [4.78, 5) is 8.95. The summed E-state index contributed by atoms with van der Waals surface area (Å²) in [5, 5.41) is 19.4. The number of nitrogens with zero attached hydrogens (tertiary/aromatic N) is 5. The highest BCUT2D eigenvalue weighted by Crippen LogP contribution is 2.44. The SMILES string of the molecule is CCCCCCOc1ccc(/C(C#N)=C/c2cc3sc(/N=N/c4ccc5c(c4)C(C)CC(C)(C)N5C)nc3s2)cc1. The molecule has 6 nitrogen and oxygen atoms in total. The van der Waals surface area contributed by atoms with Crippen LogP contribution in [0.25, 0.3) is 21.2 Å². The van der Waals surface area contributed by atoms with Crippen molar-refractivity contribution in [2.24, 2.45) is 10.2 Å². The number of thiazole rings is 1. The predicted octanol–water partition coefficient (Wildman–Crippen LogP) is 10.5. The summed E-state index contributed by atoms with van der Waals surface area (Å²) in [6, 6.07) is 18.5. The van der Waals surface area contributed by atoms with E-state index in [1.165, 1.54) is 41.9 Å². The third-order valence-corrected chi connectivity index (χ3v) is 9.80. The minimum absolute atomic E-state index is 0.136. The van der Waals surface area contributed by atoms with Gasteiger partial charge in [0, 0.05) is 23.2 Å². The van der Waals surface area contributed by atoms with Gasteiger partial charge in [0.25, 0.3) is 0 Å². The molecule has 5 rings (SSSR count). The number of hydrogen-bond donors (Lipinski definition) is 0. The smallest absolute Gasteiger partial charge is 0.231 e. The summed E-state index contributed by atoms with van der Waals surface area (Å²) < 4.78 is 6.89. The molecule has 0 amide bonds. The number of unbranched alkanes of at least 4 members (excludes halogenated alkanes) is 3. The number of azo groups is 1. The van der Waals surface area contributed by atoms with E-state index in [0.717, 1.165) is 50.9 Å². The highest BCUT2D eigenvalue weighted by molar-refractivity contribution is 7.29. The molecule has 1 unspecified atom stereocenters. The second-order valence-electron chi connectivity index (χ2n) is 11.3. The van der Waals surface area contributed by atoms with E-state index in [2.05, 4.69) is 79.1 Å². The molecule has 4 aromatic rings. The van der Waals surface area contributed by atoms with E-state index in [-0.39, 0.29) is 5.54 Å². The number of rotatable bonds is 10. The lowest BCUT2D eigenvalue weighted by Crippen LogP contribution is -2.45. The van der Waals surface area contributed by atoms with Crippen molar-refractivity contribution in [3.63, 3.8) is 0 Å². The maximum absolute atomic E-state index is 9.82. The number of nitriles is 1. The standard InChI is InChI=1S/C33H37N5OS2/c1-6-7-8-9-16-39-26-13-10-23(11-14-26)24(21-34)17-27-19-30-31(40-27)35-32(41-30)37-36-25-12-15-29-28(18-25)22(2)20-33(3,4)38(29)5/h10-15,17-19,22H,6-9,16,20H2,1-5H3/b24-17+,37-36+. The van der Waals surface area contributed by atoms with Gasteiger partial charge in [0.15, 0.2) is 0 Å². The molecular weight excluding hydrogens is 547 g/mol. The Kier molecular flexibility index (Phi) is 8.86. The summed E-state index contributed by atoms with van der Waals surface area (Å²) in [6.45, 7) is 9.80. The first-order chi connectivity index (χ1) is 19.8. The molecule has 2 aromatic carbocycles. The number of thiophene rings is 1. The Bertz CT molecular complexity index is 1580. The van der Waals surface area contributed by atoms with Gasteiger partial charge in [-0.15, -0.1) is 21.6 Å². The number of ether oxygens (including phenoxy) is 1. The maximum Gasteiger partial charge on any atom is 0.231 e. The molecule has 1 atom stereocenters. The van der Waals surface area contributed by atoms with Crippen LogP contribution in [0.3, 0.4) is 0 Å². The average molecular weight is 584 g/mol. The molecule has 1 aliphatic rings. The van der Waals surface area contributed by atoms with Gasteiger partial charge in [-0.2, -0.15) is 5.26 Å². The van der Waals surface area contributed by atoms with E-state index >= 15 is 0 Å². The Morgan fingerprint density at radius 2 is 1.93 bits per heavy atom. The molecule has 0 spiro atoms. The van der Waals surface area contributed by atoms with E-state index < -0.39 is 0 Å². The molecule has 0 radical (unpaired) electrons. The number of allylic oxidation sites excluding steroid dienone is 1. The van der Waals surface area contributed by atoms with Gasteiger partial charge < -0.3 is 9.64 Å². The van der Waals surface area contributed by atoms with Crippen LogP contribution in [0.1, 0.15) is 81.7 Å². The molecule has 0 aliphatic carbocycles. The van der Waals surface area contributed by atoms with E-state index in [4.69, 9.17) is 4.74 Å². The first kappa shape index (κ1) is 29.0. The summed E-state index contributed by atoms with van der Waals surface area (Å²) in [7, 11) is 2.17. The zero-order chi connectivity index (χ0) is 29.0. The zero-order valence-electron chi connectivity index (χ0n) is 24.5. The van der Waals surface area contributed by atoms with Crippen molar-refractivity contribution in [3.05, 3.63) is 64.5 Å². The maximum atomic E-state index is 9.82. The fraction of sp³-hybridized carbons (Fsp3) is 0.394. The average Bonchev–Trinajstić information content (AvgIpc) is 3.52. The molecule has 0 bridgehead atoms. The molecule has 3 heterocycles. The van der Waals surface area contributed by atoms with Crippen LogP contribution >= 0.6 is 22.7 Å². The van der Waals surface area contributed by atoms with Crippen LogP contribution in [0.4, 0.5) is 16.5 Å². The molecular formula is C33H37N5OS2. The number of benzene rings is 2. The van der Waals surface area contributed by atoms with Gasteiger partial charge in [-0.3, -0.25) is 0 Å². The molecule has 0 saturated carbocycles. The van der Waals surface area contributed by atoms with Gasteiger partial charge in [-0.05, 0) is 98.3 Å². The van der Waals surface area contributed by atoms with Crippen molar-refractivity contribution >= 4 is 60.4 Å². The molecule has 1 aliphatic heterocycles. The molecule has 212 valence electrons. The molecule has 0 saturated heterocycles. The normalized spacial score (nSPS) is 16.7. The van der Waals surface area contributed by atoms with E-state index in [1.54, 1.807) is 11.3 Å². The number of hydrogen-bond acceptors (Lipinski definition) is 8. The Labute approximate surface area is 251 Å². The third-order valence-electron chi connectivity index (χ3n) is 7.80. The number of fused-ring (bicyclic) bond motifs is 2. The van der Waals surface area contributed by atoms with Crippen LogP contribution in [0.5, 0.6) is 5.75 Å².